The molecular formula is C15H16O2. The zero-order chi connectivity index (χ0) is 11.7. The van der Waals surface area contributed by atoms with Gasteiger partial charge in [0.1, 0.15) is 6.61 Å². The highest BCUT2D eigenvalue weighted by Gasteiger charge is 2.42. The van der Waals surface area contributed by atoms with Gasteiger partial charge in [-0.15, -0.1) is 0 Å². The monoisotopic (exact) mass is 228 g/mol. The van der Waals surface area contributed by atoms with Crippen LogP contribution in [-0.2, 0) is 16.0 Å². The Morgan fingerprint density at radius 2 is 2.06 bits per heavy atom. The molecule has 3 rings (SSSR count). The number of cyclic esters (lactones) is 1. The number of benzene rings is 1. The molecule has 2 heteroatoms. The first-order chi connectivity index (χ1) is 8.28. The van der Waals surface area contributed by atoms with Crippen molar-refractivity contribution in [1.82, 2.24) is 0 Å². The Labute approximate surface area is 101 Å². The lowest BCUT2D eigenvalue weighted by Gasteiger charge is -2.33. The van der Waals surface area contributed by atoms with Gasteiger partial charge in [0.25, 0.3) is 0 Å². The van der Waals surface area contributed by atoms with Crippen molar-refractivity contribution in [1.29, 1.82) is 0 Å². The Balaban J connectivity index is 1.90. The molecule has 1 aliphatic heterocycles. The molecule has 0 amide bonds. The van der Waals surface area contributed by atoms with Gasteiger partial charge in [-0.25, -0.2) is 4.79 Å². The second-order valence-corrected chi connectivity index (χ2v) is 5.07. The molecule has 2 nitrogen and oxygen atoms in total. The molecular weight excluding hydrogens is 212 g/mol. The van der Waals surface area contributed by atoms with Crippen LogP contribution in [0.3, 0.4) is 0 Å². The maximum Gasteiger partial charge on any atom is 0.330 e. The lowest BCUT2D eigenvalue weighted by molar-refractivity contribution is -0.142. The lowest BCUT2D eigenvalue weighted by atomic mass is 9.76. The molecule has 0 unspecified atom stereocenters. The third kappa shape index (κ3) is 1.88. The average molecular weight is 228 g/mol. The number of carbonyl (C=O) groups excluding carboxylic acids is 1. The molecule has 88 valence electrons. The van der Waals surface area contributed by atoms with Crippen LogP contribution in [0.2, 0.25) is 0 Å². The molecule has 1 saturated carbocycles. The van der Waals surface area contributed by atoms with Gasteiger partial charge < -0.3 is 4.74 Å². The quantitative estimate of drug-likeness (QED) is 0.727. The van der Waals surface area contributed by atoms with Gasteiger partial charge in [0, 0.05) is 11.5 Å². The van der Waals surface area contributed by atoms with Crippen LogP contribution in [0.25, 0.3) is 0 Å². The summed E-state index contributed by atoms with van der Waals surface area (Å²) >= 11 is 0. The van der Waals surface area contributed by atoms with Gasteiger partial charge in [-0.3, -0.25) is 0 Å². The third-order valence-corrected chi connectivity index (χ3v) is 3.95. The number of rotatable bonds is 2. The second kappa shape index (κ2) is 4.02. The highest BCUT2D eigenvalue weighted by Crippen LogP contribution is 2.47. The highest BCUT2D eigenvalue weighted by atomic mass is 16.5. The van der Waals surface area contributed by atoms with Crippen molar-refractivity contribution in [2.75, 3.05) is 6.61 Å². The normalized spacial score (nSPS) is 27.3. The van der Waals surface area contributed by atoms with E-state index in [0.29, 0.717) is 6.61 Å². The lowest BCUT2D eigenvalue weighted by Crippen LogP contribution is -2.33. The number of hydrogen-bond donors (Lipinski definition) is 0. The molecule has 0 spiro atoms. The van der Waals surface area contributed by atoms with E-state index in [1.54, 1.807) is 6.08 Å². The number of hydrogen-bond acceptors (Lipinski definition) is 2. The molecule has 1 atom stereocenters. The first kappa shape index (κ1) is 10.6. The van der Waals surface area contributed by atoms with E-state index in [4.69, 9.17) is 4.74 Å². The van der Waals surface area contributed by atoms with E-state index in [9.17, 15) is 4.79 Å². The predicted molar refractivity (Wildman–Crippen MR) is 65.5 cm³/mol. The fourth-order valence-corrected chi connectivity index (χ4v) is 3.07. The summed E-state index contributed by atoms with van der Waals surface area (Å²) in [5, 5.41) is 0. The summed E-state index contributed by atoms with van der Waals surface area (Å²) < 4.78 is 5.25. The fourth-order valence-electron chi connectivity index (χ4n) is 3.07. The summed E-state index contributed by atoms with van der Waals surface area (Å²) in [6, 6.07) is 10.5. The van der Waals surface area contributed by atoms with Crippen molar-refractivity contribution in [3.8, 4) is 0 Å². The van der Waals surface area contributed by atoms with Crippen molar-refractivity contribution in [2.24, 2.45) is 5.41 Å². The summed E-state index contributed by atoms with van der Waals surface area (Å²) in [6.07, 6.45) is 6.09. The highest BCUT2D eigenvalue weighted by molar-refractivity contribution is 5.84. The minimum atomic E-state index is -0.161. The van der Waals surface area contributed by atoms with Gasteiger partial charge >= 0.3 is 5.97 Å². The van der Waals surface area contributed by atoms with Crippen LogP contribution in [0.15, 0.2) is 42.0 Å². The molecule has 0 radical (unpaired) electrons. The van der Waals surface area contributed by atoms with Gasteiger partial charge in [-0.2, -0.15) is 0 Å². The van der Waals surface area contributed by atoms with E-state index in [1.807, 2.05) is 6.07 Å². The Hall–Kier alpha value is -1.57. The Morgan fingerprint density at radius 3 is 2.88 bits per heavy atom. The summed E-state index contributed by atoms with van der Waals surface area (Å²) in [4.78, 5) is 11.3. The van der Waals surface area contributed by atoms with Gasteiger partial charge in [0.2, 0.25) is 0 Å². The Kier molecular flexibility index (Phi) is 2.50. The average Bonchev–Trinajstić information content (AvgIpc) is 2.73. The van der Waals surface area contributed by atoms with Gasteiger partial charge in [0.05, 0.1) is 0 Å². The van der Waals surface area contributed by atoms with Gasteiger partial charge in [-0.1, -0.05) is 35.9 Å². The molecule has 2 aliphatic rings. The molecule has 0 bridgehead atoms. The first-order valence-corrected chi connectivity index (χ1v) is 6.20. The molecule has 0 N–H and O–H groups in total. The first-order valence-electron chi connectivity index (χ1n) is 6.20. The maximum absolute atomic E-state index is 11.3. The van der Waals surface area contributed by atoms with Crippen molar-refractivity contribution in [2.45, 2.75) is 25.7 Å². The second-order valence-electron chi connectivity index (χ2n) is 5.07. The Morgan fingerprint density at radius 1 is 1.24 bits per heavy atom. The summed E-state index contributed by atoms with van der Waals surface area (Å²) in [5.74, 6) is -0.161. The van der Waals surface area contributed by atoms with Crippen molar-refractivity contribution in [3.05, 3.63) is 47.5 Å². The summed E-state index contributed by atoms with van der Waals surface area (Å²) in [7, 11) is 0. The smallest absolute Gasteiger partial charge is 0.330 e. The standard InChI is InChI=1S/C15H16O2/c16-14-9-13-7-4-8-15(13,11-17-14)10-12-5-2-1-3-6-12/h1-3,5-6,9H,4,7-8,10-11H2/t15-/m1/s1. The van der Waals surface area contributed by atoms with Gasteiger partial charge in [-0.05, 0) is 31.2 Å². The van der Waals surface area contributed by atoms with Crippen molar-refractivity contribution >= 4 is 5.97 Å². The van der Waals surface area contributed by atoms with Crippen LogP contribution in [0.5, 0.6) is 0 Å². The van der Waals surface area contributed by atoms with Crippen LogP contribution in [0, 0.1) is 5.41 Å². The van der Waals surface area contributed by atoms with Crippen LogP contribution in [0.1, 0.15) is 24.8 Å². The SMILES string of the molecule is O=C1C=C2CCC[C@@]2(Cc2ccccc2)CO1. The minimum Gasteiger partial charge on any atom is -0.462 e. The molecule has 1 aromatic carbocycles. The topological polar surface area (TPSA) is 26.3 Å². The summed E-state index contributed by atoms with van der Waals surface area (Å²) in [5.41, 5.74) is 2.73. The third-order valence-electron chi connectivity index (χ3n) is 3.95. The van der Waals surface area contributed by atoms with Crippen LogP contribution >= 0.6 is 0 Å². The van der Waals surface area contributed by atoms with Crippen LogP contribution in [-0.4, -0.2) is 12.6 Å². The van der Waals surface area contributed by atoms with Crippen molar-refractivity contribution < 1.29 is 9.53 Å². The zero-order valence-corrected chi connectivity index (χ0v) is 9.82. The molecule has 1 fully saturated rings. The largest absolute Gasteiger partial charge is 0.462 e. The zero-order valence-electron chi connectivity index (χ0n) is 9.82. The van der Waals surface area contributed by atoms with Crippen LogP contribution < -0.4 is 0 Å². The Bertz CT molecular complexity index is 461. The predicted octanol–water partition coefficient (Wildman–Crippen LogP) is 2.88. The fraction of sp³-hybridized carbons (Fsp3) is 0.400. The number of fused-ring (bicyclic) bond motifs is 1. The molecule has 17 heavy (non-hydrogen) atoms. The molecule has 1 aromatic rings. The van der Waals surface area contributed by atoms with E-state index < -0.39 is 0 Å². The molecule has 0 aromatic heterocycles. The van der Waals surface area contributed by atoms with E-state index in [2.05, 4.69) is 24.3 Å². The molecule has 0 saturated heterocycles. The van der Waals surface area contributed by atoms with Gasteiger partial charge in [0.15, 0.2) is 0 Å². The van der Waals surface area contributed by atoms with E-state index in [0.717, 1.165) is 19.3 Å². The minimum absolute atomic E-state index is 0.0925. The van der Waals surface area contributed by atoms with Crippen LogP contribution in [0.4, 0.5) is 0 Å². The molecule has 1 aliphatic carbocycles. The number of esters is 1. The summed E-state index contributed by atoms with van der Waals surface area (Å²) in [6.45, 7) is 0.562. The van der Waals surface area contributed by atoms with E-state index in [1.165, 1.54) is 17.6 Å². The van der Waals surface area contributed by atoms with Crippen molar-refractivity contribution in [3.63, 3.8) is 0 Å². The number of ether oxygens (including phenoxy) is 1. The number of carbonyl (C=O) groups is 1. The van der Waals surface area contributed by atoms with E-state index in [-0.39, 0.29) is 11.4 Å². The van der Waals surface area contributed by atoms with E-state index >= 15 is 0 Å². The maximum atomic E-state index is 11.3. The molecule has 1 heterocycles.